The second-order valence-corrected chi connectivity index (χ2v) is 3.30. The summed E-state index contributed by atoms with van der Waals surface area (Å²) in [6.45, 7) is 0. The van der Waals surface area contributed by atoms with Gasteiger partial charge in [-0.05, 0) is 12.1 Å². The third-order valence-corrected chi connectivity index (χ3v) is 2.18. The molecular formula is C10H11N3O. The highest BCUT2D eigenvalue weighted by molar-refractivity contribution is 5.81. The molecule has 14 heavy (non-hydrogen) atoms. The first-order chi connectivity index (χ1) is 6.66. The lowest BCUT2D eigenvalue weighted by atomic mass is 10.2. The molecule has 4 heteroatoms. The van der Waals surface area contributed by atoms with Crippen LogP contribution < -0.4 is 5.73 Å². The van der Waals surface area contributed by atoms with E-state index in [0.717, 1.165) is 16.6 Å². The van der Waals surface area contributed by atoms with E-state index in [-0.39, 0.29) is 12.3 Å². The standard InChI is InChI=1S/C10H11N3O/c1-13-3-2-7-4-8(5-10(11)14)12-6-9(7)13/h2-4,6H,5H2,1H3,(H2,11,14). The molecule has 2 aromatic rings. The SMILES string of the molecule is Cn1ccc2cc(CC(N)=O)ncc21. The predicted octanol–water partition coefficient (Wildman–Crippen LogP) is 0.601. The molecule has 2 rings (SSSR count). The molecule has 0 fully saturated rings. The number of hydrogen-bond donors (Lipinski definition) is 1. The number of rotatable bonds is 2. The highest BCUT2D eigenvalue weighted by Gasteiger charge is 2.03. The molecule has 0 aliphatic carbocycles. The molecule has 2 heterocycles. The Kier molecular flexibility index (Phi) is 1.96. The monoisotopic (exact) mass is 189 g/mol. The van der Waals surface area contributed by atoms with Crippen LogP contribution in [0.4, 0.5) is 0 Å². The van der Waals surface area contributed by atoms with Gasteiger partial charge in [0.05, 0.1) is 23.8 Å². The lowest BCUT2D eigenvalue weighted by Gasteiger charge is -1.98. The lowest BCUT2D eigenvalue weighted by Crippen LogP contribution is -2.14. The van der Waals surface area contributed by atoms with Gasteiger partial charge in [-0.25, -0.2) is 0 Å². The average Bonchev–Trinajstić information content (AvgIpc) is 2.46. The van der Waals surface area contributed by atoms with Gasteiger partial charge >= 0.3 is 0 Å². The molecular weight excluding hydrogens is 178 g/mol. The number of carbonyl (C=O) groups excluding carboxylic acids is 1. The number of nitrogens with zero attached hydrogens (tertiary/aromatic N) is 2. The van der Waals surface area contributed by atoms with Crippen molar-refractivity contribution in [2.75, 3.05) is 0 Å². The summed E-state index contributed by atoms with van der Waals surface area (Å²) in [6.07, 6.45) is 3.92. The van der Waals surface area contributed by atoms with Gasteiger partial charge < -0.3 is 10.3 Å². The number of primary amides is 1. The zero-order valence-corrected chi connectivity index (χ0v) is 7.90. The van der Waals surface area contributed by atoms with Crippen molar-refractivity contribution in [1.29, 1.82) is 0 Å². The van der Waals surface area contributed by atoms with E-state index >= 15 is 0 Å². The Bertz CT molecular complexity index is 487. The van der Waals surface area contributed by atoms with Gasteiger partial charge in [-0.15, -0.1) is 0 Å². The Morgan fingerprint density at radius 1 is 1.64 bits per heavy atom. The third-order valence-electron chi connectivity index (χ3n) is 2.18. The zero-order chi connectivity index (χ0) is 10.1. The van der Waals surface area contributed by atoms with E-state index in [1.54, 1.807) is 6.20 Å². The molecule has 2 aromatic heterocycles. The van der Waals surface area contributed by atoms with Crippen LogP contribution in [-0.4, -0.2) is 15.5 Å². The Morgan fingerprint density at radius 3 is 3.14 bits per heavy atom. The van der Waals surface area contributed by atoms with E-state index in [0.29, 0.717) is 0 Å². The summed E-state index contributed by atoms with van der Waals surface area (Å²) >= 11 is 0. The van der Waals surface area contributed by atoms with Crippen molar-refractivity contribution in [3.63, 3.8) is 0 Å². The fourth-order valence-electron chi connectivity index (χ4n) is 1.49. The maximum absolute atomic E-state index is 10.7. The van der Waals surface area contributed by atoms with Gasteiger partial charge in [-0.1, -0.05) is 0 Å². The Morgan fingerprint density at radius 2 is 2.43 bits per heavy atom. The van der Waals surface area contributed by atoms with Gasteiger partial charge in [0.25, 0.3) is 0 Å². The largest absolute Gasteiger partial charge is 0.369 e. The van der Waals surface area contributed by atoms with E-state index < -0.39 is 0 Å². The van der Waals surface area contributed by atoms with Crippen LogP contribution in [0.25, 0.3) is 10.9 Å². The highest BCUT2D eigenvalue weighted by Crippen LogP contribution is 2.14. The minimum absolute atomic E-state index is 0.199. The van der Waals surface area contributed by atoms with Gasteiger partial charge in [0.2, 0.25) is 5.91 Å². The molecule has 72 valence electrons. The molecule has 1 amide bonds. The third kappa shape index (κ3) is 1.46. The molecule has 0 aromatic carbocycles. The maximum Gasteiger partial charge on any atom is 0.223 e. The number of pyridine rings is 1. The molecule has 4 nitrogen and oxygen atoms in total. The summed E-state index contributed by atoms with van der Waals surface area (Å²) in [5.41, 5.74) is 6.86. The molecule has 0 atom stereocenters. The van der Waals surface area contributed by atoms with Crippen molar-refractivity contribution >= 4 is 16.8 Å². The first kappa shape index (κ1) is 8.74. The van der Waals surface area contributed by atoms with Gasteiger partial charge in [0, 0.05) is 18.6 Å². The fourth-order valence-corrected chi connectivity index (χ4v) is 1.49. The van der Waals surface area contributed by atoms with Crippen molar-refractivity contribution in [2.45, 2.75) is 6.42 Å². The summed E-state index contributed by atoms with van der Waals surface area (Å²) in [7, 11) is 1.96. The van der Waals surface area contributed by atoms with Gasteiger partial charge in [-0.2, -0.15) is 0 Å². The maximum atomic E-state index is 10.7. The summed E-state index contributed by atoms with van der Waals surface area (Å²) in [5.74, 6) is -0.354. The number of aryl methyl sites for hydroxylation is 1. The number of nitrogens with two attached hydrogens (primary N) is 1. The minimum Gasteiger partial charge on any atom is -0.369 e. The average molecular weight is 189 g/mol. The molecule has 0 radical (unpaired) electrons. The molecule has 0 saturated carbocycles. The number of aromatic nitrogens is 2. The van der Waals surface area contributed by atoms with Crippen LogP contribution in [0.5, 0.6) is 0 Å². The van der Waals surface area contributed by atoms with Crippen molar-refractivity contribution in [3.05, 3.63) is 30.2 Å². The number of hydrogen-bond acceptors (Lipinski definition) is 2. The predicted molar refractivity (Wildman–Crippen MR) is 53.6 cm³/mol. The van der Waals surface area contributed by atoms with Crippen LogP contribution in [0, 0.1) is 0 Å². The molecule has 0 aliphatic heterocycles. The van der Waals surface area contributed by atoms with Crippen LogP contribution in [0.2, 0.25) is 0 Å². The van der Waals surface area contributed by atoms with Gasteiger partial charge in [0.1, 0.15) is 0 Å². The quantitative estimate of drug-likeness (QED) is 0.752. The van der Waals surface area contributed by atoms with Crippen LogP contribution in [0.1, 0.15) is 5.69 Å². The van der Waals surface area contributed by atoms with Crippen molar-refractivity contribution < 1.29 is 4.79 Å². The van der Waals surface area contributed by atoms with E-state index in [4.69, 9.17) is 5.73 Å². The second-order valence-electron chi connectivity index (χ2n) is 3.30. The first-order valence-electron chi connectivity index (χ1n) is 4.35. The van der Waals surface area contributed by atoms with Gasteiger partial charge in [-0.3, -0.25) is 9.78 Å². The number of carbonyl (C=O) groups is 1. The van der Waals surface area contributed by atoms with Crippen LogP contribution >= 0.6 is 0 Å². The second kappa shape index (κ2) is 3.14. The normalized spacial score (nSPS) is 10.6. The summed E-state index contributed by atoms with van der Waals surface area (Å²) in [5, 5.41) is 1.08. The minimum atomic E-state index is -0.354. The lowest BCUT2D eigenvalue weighted by molar-refractivity contribution is -0.117. The van der Waals surface area contributed by atoms with Crippen LogP contribution in [0.15, 0.2) is 24.5 Å². The van der Waals surface area contributed by atoms with Gasteiger partial charge in [0.15, 0.2) is 0 Å². The van der Waals surface area contributed by atoms with E-state index in [1.165, 1.54) is 0 Å². The van der Waals surface area contributed by atoms with Crippen molar-refractivity contribution in [3.8, 4) is 0 Å². The summed E-state index contributed by atoms with van der Waals surface area (Å²) in [4.78, 5) is 14.8. The Labute approximate surface area is 81.3 Å². The highest BCUT2D eigenvalue weighted by atomic mass is 16.1. The van der Waals surface area contributed by atoms with Crippen LogP contribution in [-0.2, 0) is 18.3 Å². The van der Waals surface area contributed by atoms with E-state index in [1.807, 2.05) is 29.9 Å². The van der Waals surface area contributed by atoms with E-state index in [2.05, 4.69) is 4.98 Å². The van der Waals surface area contributed by atoms with Crippen molar-refractivity contribution in [2.24, 2.45) is 12.8 Å². The molecule has 0 bridgehead atoms. The molecule has 0 aliphatic rings. The summed E-state index contributed by atoms with van der Waals surface area (Å²) < 4.78 is 1.98. The Balaban J connectivity index is 2.46. The molecule has 0 unspecified atom stereocenters. The number of fused-ring (bicyclic) bond motifs is 1. The van der Waals surface area contributed by atoms with Crippen molar-refractivity contribution in [1.82, 2.24) is 9.55 Å². The summed E-state index contributed by atoms with van der Waals surface area (Å²) in [6, 6.07) is 3.88. The first-order valence-corrected chi connectivity index (χ1v) is 4.35. The zero-order valence-electron chi connectivity index (χ0n) is 7.90. The smallest absolute Gasteiger partial charge is 0.223 e. The molecule has 0 saturated heterocycles. The Hall–Kier alpha value is -1.84. The molecule has 2 N–H and O–H groups in total. The van der Waals surface area contributed by atoms with E-state index in [9.17, 15) is 4.79 Å². The number of amides is 1. The topological polar surface area (TPSA) is 60.9 Å². The fraction of sp³-hybridized carbons (Fsp3) is 0.200. The molecule has 0 spiro atoms. The van der Waals surface area contributed by atoms with Crippen LogP contribution in [0.3, 0.4) is 0 Å².